The van der Waals surface area contributed by atoms with Crippen molar-refractivity contribution in [2.24, 2.45) is 0 Å². The number of H-pyrrole nitrogens is 1. The molecule has 1 aliphatic heterocycles. The van der Waals surface area contributed by atoms with Crippen LogP contribution in [-0.4, -0.2) is 47.0 Å². The van der Waals surface area contributed by atoms with E-state index in [4.69, 9.17) is 9.47 Å². The van der Waals surface area contributed by atoms with Crippen LogP contribution in [0.15, 0.2) is 40.9 Å². The first-order valence-corrected chi connectivity index (χ1v) is 9.13. The summed E-state index contributed by atoms with van der Waals surface area (Å²) < 4.78 is 11.6. The highest BCUT2D eigenvalue weighted by molar-refractivity contribution is 9.10. The second-order valence-corrected chi connectivity index (χ2v) is 6.98. The molecule has 0 radical (unpaired) electrons. The van der Waals surface area contributed by atoms with E-state index in [2.05, 4.69) is 25.9 Å². The fourth-order valence-corrected chi connectivity index (χ4v) is 3.49. The lowest BCUT2D eigenvalue weighted by molar-refractivity contribution is 0.0638. The summed E-state index contributed by atoms with van der Waals surface area (Å²) in [5, 5.41) is 0. The number of carbonyl (C=O) groups excluding carboxylic acids is 2. The number of fused-ring (bicyclic) bond motifs is 2. The Morgan fingerprint density at radius 1 is 1.11 bits per heavy atom. The normalized spacial score (nSPS) is 13.5. The van der Waals surface area contributed by atoms with Crippen molar-refractivity contribution in [1.29, 1.82) is 0 Å². The van der Waals surface area contributed by atoms with Crippen molar-refractivity contribution in [2.45, 2.75) is 6.54 Å². The van der Waals surface area contributed by atoms with E-state index in [0.717, 1.165) is 9.99 Å². The van der Waals surface area contributed by atoms with Gasteiger partial charge in [0.1, 0.15) is 23.7 Å². The molecule has 138 valence electrons. The number of nitrogens with one attached hydrogen (secondary N) is 1. The predicted molar refractivity (Wildman–Crippen MR) is 102 cm³/mol. The van der Waals surface area contributed by atoms with E-state index in [1.54, 1.807) is 31.4 Å². The molecule has 0 saturated carbocycles. The van der Waals surface area contributed by atoms with Crippen LogP contribution in [0, 0.1) is 0 Å². The van der Waals surface area contributed by atoms with Crippen molar-refractivity contribution in [3.8, 4) is 5.75 Å². The third-order valence-electron chi connectivity index (χ3n) is 4.30. The van der Waals surface area contributed by atoms with Crippen molar-refractivity contribution < 1.29 is 19.1 Å². The molecule has 0 aliphatic carbocycles. The Balaban J connectivity index is 1.63. The van der Waals surface area contributed by atoms with Crippen LogP contribution >= 0.6 is 15.9 Å². The SMILES string of the molecule is COCCOc1cc(Br)cc2[nH]c(CN3C(=O)c4ccccc4C3=O)nc12. The summed E-state index contributed by atoms with van der Waals surface area (Å²) in [5.74, 6) is 0.484. The lowest BCUT2D eigenvalue weighted by atomic mass is 10.1. The molecular weight excluding hydrogens is 414 g/mol. The van der Waals surface area contributed by atoms with E-state index >= 15 is 0 Å². The minimum absolute atomic E-state index is 0.0656. The topological polar surface area (TPSA) is 84.5 Å². The Kier molecular flexibility index (Phi) is 4.67. The molecule has 0 atom stereocenters. The van der Waals surface area contributed by atoms with Crippen LogP contribution < -0.4 is 4.74 Å². The molecule has 1 aromatic heterocycles. The van der Waals surface area contributed by atoms with Gasteiger partial charge >= 0.3 is 0 Å². The van der Waals surface area contributed by atoms with Gasteiger partial charge in [-0.05, 0) is 24.3 Å². The van der Waals surface area contributed by atoms with Gasteiger partial charge in [0.15, 0.2) is 0 Å². The molecule has 0 bridgehead atoms. The van der Waals surface area contributed by atoms with Gasteiger partial charge in [-0.25, -0.2) is 4.98 Å². The van der Waals surface area contributed by atoms with E-state index in [-0.39, 0.29) is 18.4 Å². The van der Waals surface area contributed by atoms with Gasteiger partial charge in [0, 0.05) is 11.6 Å². The highest BCUT2D eigenvalue weighted by atomic mass is 79.9. The van der Waals surface area contributed by atoms with Crippen LogP contribution in [0.1, 0.15) is 26.5 Å². The van der Waals surface area contributed by atoms with E-state index in [9.17, 15) is 9.59 Å². The Labute approximate surface area is 163 Å². The number of halogens is 1. The minimum atomic E-state index is -0.311. The van der Waals surface area contributed by atoms with Gasteiger partial charge in [0.05, 0.1) is 29.8 Å². The lowest BCUT2D eigenvalue weighted by Gasteiger charge is -2.11. The highest BCUT2D eigenvalue weighted by Crippen LogP contribution is 2.30. The van der Waals surface area contributed by atoms with Crippen molar-refractivity contribution in [2.75, 3.05) is 20.3 Å². The molecular formula is C19H16BrN3O4. The summed E-state index contributed by atoms with van der Waals surface area (Å²) in [6, 6.07) is 10.5. The van der Waals surface area contributed by atoms with Gasteiger partial charge in [0.2, 0.25) is 0 Å². The number of nitrogens with zero attached hydrogens (tertiary/aromatic N) is 2. The van der Waals surface area contributed by atoms with Crippen molar-refractivity contribution in [3.05, 3.63) is 57.8 Å². The summed E-state index contributed by atoms with van der Waals surface area (Å²) >= 11 is 3.45. The zero-order valence-electron chi connectivity index (χ0n) is 14.5. The molecule has 7 nitrogen and oxygen atoms in total. The van der Waals surface area contributed by atoms with Crippen LogP contribution in [0.4, 0.5) is 0 Å². The smallest absolute Gasteiger partial charge is 0.261 e. The molecule has 1 aliphatic rings. The number of benzene rings is 2. The zero-order valence-corrected chi connectivity index (χ0v) is 16.1. The molecule has 2 amide bonds. The quantitative estimate of drug-likeness (QED) is 0.480. The van der Waals surface area contributed by atoms with Crippen LogP contribution in [0.2, 0.25) is 0 Å². The van der Waals surface area contributed by atoms with E-state index in [1.807, 2.05) is 12.1 Å². The molecule has 3 aromatic rings. The molecule has 0 spiro atoms. The molecule has 0 saturated heterocycles. The number of hydrogen-bond acceptors (Lipinski definition) is 5. The molecule has 4 rings (SSSR count). The maximum absolute atomic E-state index is 12.5. The fraction of sp³-hybridized carbons (Fsp3) is 0.211. The Hall–Kier alpha value is -2.71. The number of carbonyl (C=O) groups is 2. The molecule has 1 N–H and O–H groups in total. The number of ether oxygens (including phenoxy) is 2. The molecule has 8 heteroatoms. The highest BCUT2D eigenvalue weighted by Gasteiger charge is 2.35. The van der Waals surface area contributed by atoms with Crippen molar-refractivity contribution in [1.82, 2.24) is 14.9 Å². The Bertz CT molecular complexity index is 1010. The van der Waals surface area contributed by atoms with Crippen molar-refractivity contribution in [3.63, 3.8) is 0 Å². The number of imidazole rings is 1. The number of aromatic amines is 1. The first-order valence-electron chi connectivity index (χ1n) is 8.33. The van der Waals surface area contributed by atoms with Gasteiger partial charge in [-0.15, -0.1) is 0 Å². The van der Waals surface area contributed by atoms with Crippen LogP contribution in [0.3, 0.4) is 0 Å². The van der Waals surface area contributed by atoms with E-state index < -0.39 is 0 Å². The number of aromatic nitrogens is 2. The van der Waals surface area contributed by atoms with Gasteiger partial charge in [0.25, 0.3) is 11.8 Å². The molecule has 2 aromatic carbocycles. The molecule has 0 fully saturated rings. The first-order chi connectivity index (χ1) is 13.1. The van der Waals surface area contributed by atoms with Gasteiger partial charge in [-0.2, -0.15) is 0 Å². The third kappa shape index (κ3) is 3.22. The van der Waals surface area contributed by atoms with Crippen molar-refractivity contribution >= 4 is 38.8 Å². The largest absolute Gasteiger partial charge is 0.489 e. The molecule has 2 heterocycles. The number of imide groups is 1. The van der Waals surface area contributed by atoms with Gasteiger partial charge in [-0.1, -0.05) is 28.1 Å². The summed E-state index contributed by atoms with van der Waals surface area (Å²) in [7, 11) is 1.61. The zero-order chi connectivity index (χ0) is 19.0. The summed E-state index contributed by atoms with van der Waals surface area (Å²) in [5.41, 5.74) is 2.24. The minimum Gasteiger partial charge on any atom is -0.489 e. The lowest BCUT2D eigenvalue weighted by Crippen LogP contribution is -2.29. The van der Waals surface area contributed by atoms with E-state index in [1.165, 1.54) is 4.90 Å². The van der Waals surface area contributed by atoms with E-state index in [0.29, 0.717) is 41.4 Å². The van der Waals surface area contributed by atoms with Gasteiger partial charge in [-0.3, -0.25) is 14.5 Å². The predicted octanol–water partition coefficient (Wildman–Crippen LogP) is 3.15. The number of methoxy groups -OCH3 is 1. The number of hydrogen-bond donors (Lipinski definition) is 1. The third-order valence-corrected chi connectivity index (χ3v) is 4.75. The fourth-order valence-electron chi connectivity index (χ4n) is 3.06. The van der Waals surface area contributed by atoms with Crippen LogP contribution in [0.5, 0.6) is 5.75 Å². The standard InChI is InChI=1S/C19H16BrN3O4/c1-26-6-7-27-15-9-11(20)8-14-17(15)22-16(21-14)10-23-18(24)12-4-2-3-5-13(12)19(23)25/h2-5,8-9H,6-7,10H2,1H3,(H,21,22). The Morgan fingerprint density at radius 2 is 1.81 bits per heavy atom. The first kappa shape index (κ1) is 17.7. The average Bonchev–Trinajstić information content (AvgIpc) is 3.17. The second-order valence-electron chi connectivity index (χ2n) is 6.07. The number of amides is 2. The van der Waals surface area contributed by atoms with Crippen LogP contribution in [0.25, 0.3) is 11.0 Å². The molecule has 0 unspecified atom stereocenters. The van der Waals surface area contributed by atoms with Gasteiger partial charge < -0.3 is 14.5 Å². The Morgan fingerprint density at radius 3 is 2.48 bits per heavy atom. The summed E-state index contributed by atoms with van der Waals surface area (Å²) in [6.45, 7) is 0.916. The maximum Gasteiger partial charge on any atom is 0.261 e. The monoisotopic (exact) mass is 429 g/mol. The average molecular weight is 430 g/mol. The van der Waals surface area contributed by atoms with Crippen LogP contribution in [-0.2, 0) is 11.3 Å². The summed E-state index contributed by atoms with van der Waals surface area (Å²) in [6.07, 6.45) is 0. The molecule has 27 heavy (non-hydrogen) atoms. The second kappa shape index (κ2) is 7.13. The maximum atomic E-state index is 12.5. The summed E-state index contributed by atoms with van der Waals surface area (Å²) in [4.78, 5) is 34.0. The number of rotatable bonds is 6.